The Morgan fingerprint density at radius 2 is 1.95 bits per heavy atom. The Kier molecular flexibility index (Phi) is 9.98. The van der Waals surface area contributed by atoms with Crippen LogP contribution in [-0.2, 0) is 10.0 Å². The summed E-state index contributed by atoms with van der Waals surface area (Å²) in [6, 6.07) is 5.62. The Morgan fingerprint density at radius 3 is 2.67 bits per heavy atom. The molecule has 10 nitrogen and oxygen atoms in total. The maximum absolute atomic E-state index is 13.4. The number of piperidine rings is 1. The van der Waals surface area contributed by atoms with Gasteiger partial charge in [-0.15, -0.1) is 11.3 Å². The molecule has 1 aromatic carbocycles. The molecule has 1 aliphatic rings. The first kappa shape index (κ1) is 29.7. The molecule has 3 aromatic rings. The number of sulfonamides is 1. The molecule has 3 heterocycles. The van der Waals surface area contributed by atoms with Crippen LogP contribution in [0.4, 0.5) is 14.5 Å². The smallest absolute Gasteiger partial charge is 0.355 e. The van der Waals surface area contributed by atoms with Gasteiger partial charge >= 0.3 is 5.76 Å². The number of hydrogen-bond acceptors (Lipinski definition) is 9. The number of likely N-dealkylation sites (tertiary alicyclic amines) is 1. The van der Waals surface area contributed by atoms with Crippen molar-refractivity contribution in [1.29, 1.82) is 0 Å². The Bertz CT molecular complexity index is 1400. The van der Waals surface area contributed by atoms with Crippen molar-refractivity contribution in [3.05, 3.63) is 53.4 Å². The average molecular weight is 595 g/mol. The molecule has 1 amide bonds. The topological polar surface area (TPSA) is 126 Å². The van der Waals surface area contributed by atoms with Gasteiger partial charge in [0.2, 0.25) is 5.88 Å². The molecule has 0 aliphatic carbocycles. The van der Waals surface area contributed by atoms with E-state index in [1.165, 1.54) is 24.8 Å². The summed E-state index contributed by atoms with van der Waals surface area (Å²) in [6.45, 7) is 6.89. The highest BCUT2D eigenvalue weighted by molar-refractivity contribution is 7.93. The van der Waals surface area contributed by atoms with Gasteiger partial charge in [-0.3, -0.25) is 14.5 Å². The van der Waals surface area contributed by atoms with E-state index in [1.807, 2.05) is 18.6 Å². The lowest BCUT2D eigenvalue weighted by Crippen LogP contribution is -2.40. The van der Waals surface area contributed by atoms with Crippen LogP contribution in [0, 0.1) is 5.92 Å². The molecule has 1 saturated heterocycles. The van der Waals surface area contributed by atoms with Gasteiger partial charge in [0, 0.05) is 18.4 Å². The van der Waals surface area contributed by atoms with Gasteiger partial charge in [-0.1, -0.05) is 25.5 Å². The highest BCUT2D eigenvalue weighted by Gasteiger charge is 2.28. The quantitative estimate of drug-likeness (QED) is 0.313. The van der Waals surface area contributed by atoms with Gasteiger partial charge in [0.15, 0.2) is 5.01 Å². The average Bonchev–Trinajstić information content (AvgIpc) is 3.43. The van der Waals surface area contributed by atoms with E-state index in [0.29, 0.717) is 35.2 Å². The number of anilines is 1. The van der Waals surface area contributed by atoms with Crippen LogP contribution in [0.3, 0.4) is 0 Å². The van der Waals surface area contributed by atoms with Crippen molar-refractivity contribution in [2.24, 2.45) is 5.92 Å². The van der Waals surface area contributed by atoms with Crippen LogP contribution in [0.5, 0.6) is 5.88 Å². The standard InChI is InChI=1S/C26H32F2N6O4S2/c1-3-38-22-15-29-13-20(31-22)21-14-30-25(39-21)24(35)32-23(17(2)16-34-10-5-4-6-11-34)18-8-7-9-19(12-18)33-40(36,37)26(27)28/h7-9,12-15,17,23,26,33H,3-6,10-11,16H2,1-2H3,(H,32,35)/t17-,23-/m1/s1. The summed E-state index contributed by atoms with van der Waals surface area (Å²) >= 11 is 1.15. The van der Waals surface area contributed by atoms with Crippen LogP contribution < -0.4 is 14.8 Å². The molecule has 2 aromatic heterocycles. The second kappa shape index (κ2) is 13.4. The van der Waals surface area contributed by atoms with Crippen LogP contribution in [-0.4, -0.2) is 66.2 Å². The van der Waals surface area contributed by atoms with Crippen molar-refractivity contribution in [2.75, 3.05) is 31.0 Å². The maximum Gasteiger partial charge on any atom is 0.355 e. The van der Waals surface area contributed by atoms with Gasteiger partial charge in [0.05, 0.1) is 29.9 Å². The van der Waals surface area contributed by atoms with E-state index < -0.39 is 27.7 Å². The van der Waals surface area contributed by atoms with Gasteiger partial charge in [-0.05, 0) is 56.5 Å². The Balaban J connectivity index is 1.57. The Labute approximate surface area is 236 Å². The van der Waals surface area contributed by atoms with Gasteiger partial charge < -0.3 is 15.0 Å². The zero-order valence-electron chi connectivity index (χ0n) is 22.2. The summed E-state index contributed by atoms with van der Waals surface area (Å²) in [5.74, 6) is -3.70. The third-order valence-corrected chi connectivity index (χ3v) is 8.46. The van der Waals surface area contributed by atoms with Crippen molar-refractivity contribution in [1.82, 2.24) is 25.2 Å². The van der Waals surface area contributed by atoms with Crippen LogP contribution in [0.2, 0.25) is 0 Å². The molecule has 216 valence electrons. The lowest BCUT2D eigenvalue weighted by molar-refractivity contribution is 0.0910. The predicted molar refractivity (Wildman–Crippen MR) is 149 cm³/mol. The van der Waals surface area contributed by atoms with E-state index >= 15 is 0 Å². The first-order chi connectivity index (χ1) is 19.2. The Hall–Kier alpha value is -3.23. The number of alkyl halides is 2. The van der Waals surface area contributed by atoms with Crippen molar-refractivity contribution >= 4 is 33.0 Å². The zero-order chi connectivity index (χ0) is 28.7. The van der Waals surface area contributed by atoms with E-state index in [1.54, 1.807) is 24.5 Å². The van der Waals surface area contributed by atoms with E-state index in [2.05, 4.69) is 25.2 Å². The molecular formula is C26H32F2N6O4S2. The van der Waals surface area contributed by atoms with E-state index in [4.69, 9.17) is 4.74 Å². The maximum atomic E-state index is 13.4. The fourth-order valence-electron chi connectivity index (χ4n) is 4.60. The summed E-state index contributed by atoms with van der Waals surface area (Å²) in [6.07, 6.45) is 8.00. The van der Waals surface area contributed by atoms with Gasteiger partial charge in [-0.25, -0.2) is 18.4 Å². The summed E-state index contributed by atoms with van der Waals surface area (Å²) in [7, 11) is -4.84. The zero-order valence-corrected chi connectivity index (χ0v) is 23.9. The monoisotopic (exact) mass is 594 g/mol. The van der Waals surface area contributed by atoms with E-state index in [-0.39, 0.29) is 16.6 Å². The fourth-order valence-corrected chi connectivity index (χ4v) is 5.92. The predicted octanol–water partition coefficient (Wildman–Crippen LogP) is 4.56. The molecule has 14 heteroatoms. The number of nitrogens with zero attached hydrogens (tertiary/aromatic N) is 4. The number of carbonyl (C=O) groups is 1. The normalized spacial score (nSPS) is 15.9. The van der Waals surface area contributed by atoms with Gasteiger partial charge in [-0.2, -0.15) is 8.78 Å². The molecule has 0 spiro atoms. The number of thiazole rings is 1. The first-order valence-electron chi connectivity index (χ1n) is 13.0. The molecule has 2 N–H and O–H groups in total. The Morgan fingerprint density at radius 1 is 1.18 bits per heavy atom. The van der Waals surface area contributed by atoms with E-state index in [9.17, 15) is 22.0 Å². The highest BCUT2D eigenvalue weighted by Crippen LogP contribution is 2.29. The largest absolute Gasteiger partial charge is 0.477 e. The molecule has 2 atom stereocenters. The van der Waals surface area contributed by atoms with Crippen LogP contribution in [0.25, 0.3) is 10.6 Å². The number of amides is 1. The number of nitrogens with one attached hydrogen (secondary N) is 2. The number of aromatic nitrogens is 3. The van der Waals surface area contributed by atoms with Crippen molar-refractivity contribution in [3.63, 3.8) is 0 Å². The third-order valence-electron chi connectivity index (χ3n) is 6.45. The number of ether oxygens (including phenoxy) is 1. The molecule has 40 heavy (non-hydrogen) atoms. The number of carbonyl (C=O) groups excluding carboxylic acids is 1. The number of rotatable bonds is 12. The molecule has 0 saturated carbocycles. The molecule has 0 bridgehead atoms. The fraction of sp³-hybridized carbons (Fsp3) is 0.462. The number of halogens is 2. The lowest BCUT2D eigenvalue weighted by atomic mass is 9.93. The summed E-state index contributed by atoms with van der Waals surface area (Å²) in [5, 5.41) is 3.26. The van der Waals surface area contributed by atoms with Crippen LogP contribution >= 0.6 is 11.3 Å². The molecule has 1 aliphatic heterocycles. The molecule has 1 fully saturated rings. The minimum atomic E-state index is -4.84. The second-order valence-electron chi connectivity index (χ2n) is 9.53. The second-order valence-corrected chi connectivity index (χ2v) is 12.2. The lowest BCUT2D eigenvalue weighted by Gasteiger charge is -2.33. The van der Waals surface area contributed by atoms with Crippen molar-refractivity contribution < 1.29 is 26.7 Å². The minimum Gasteiger partial charge on any atom is -0.477 e. The van der Waals surface area contributed by atoms with Gasteiger partial charge in [0.1, 0.15) is 5.69 Å². The highest BCUT2D eigenvalue weighted by atomic mass is 32.2. The number of hydrogen-bond donors (Lipinski definition) is 2. The van der Waals surface area contributed by atoms with Crippen molar-refractivity contribution in [2.45, 2.75) is 44.9 Å². The molecule has 0 unspecified atom stereocenters. The van der Waals surface area contributed by atoms with Crippen LogP contribution in [0.1, 0.15) is 54.5 Å². The third kappa shape index (κ3) is 7.70. The van der Waals surface area contributed by atoms with E-state index in [0.717, 1.165) is 37.3 Å². The van der Waals surface area contributed by atoms with Crippen LogP contribution in [0.15, 0.2) is 42.9 Å². The summed E-state index contributed by atoms with van der Waals surface area (Å²) in [4.78, 5) is 29.2. The molecule has 0 radical (unpaired) electrons. The van der Waals surface area contributed by atoms with Gasteiger partial charge in [0.25, 0.3) is 15.9 Å². The SMILES string of the molecule is CCOc1cncc(-c2cnc(C(=O)N[C@@H](c3cccc(NS(=O)(=O)C(F)F)c3)[C@H](C)CN3CCCCC3)s2)n1. The van der Waals surface area contributed by atoms with Crippen molar-refractivity contribution in [3.8, 4) is 16.5 Å². The molecule has 4 rings (SSSR count). The minimum absolute atomic E-state index is 0.00786. The first-order valence-corrected chi connectivity index (χ1v) is 15.4. The number of benzene rings is 1. The summed E-state index contributed by atoms with van der Waals surface area (Å²) < 4.78 is 56.8. The molecular weight excluding hydrogens is 562 g/mol. The summed E-state index contributed by atoms with van der Waals surface area (Å²) in [5.41, 5.74) is 1.10.